The summed E-state index contributed by atoms with van der Waals surface area (Å²) in [6.45, 7) is 2.74. The molecule has 3 nitrogen and oxygen atoms in total. The third-order valence-electron chi connectivity index (χ3n) is 2.24. The molecule has 0 spiro atoms. The van der Waals surface area contributed by atoms with Crippen molar-refractivity contribution in [1.29, 1.82) is 0 Å². The first-order chi connectivity index (χ1) is 6.84. The monoisotopic (exact) mass is 214 g/mol. The fourth-order valence-electron chi connectivity index (χ4n) is 1.31. The summed E-state index contributed by atoms with van der Waals surface area (Å²) in [5.41, 5.74) is 0. The third kappa shape index (κ3) is 3.33. The maximum absolute atomic E-state index is 5.64. The second-order valence-corrected chi connectivity index (χ2v) is 3.98. The van der Waals surface area contributed by atoms with Crippen LogP contribution in [0.4, 0.5) is 0 Å². The zero-order valence-electron chi connectivity index (χ0n) is 8.05. The molecule has 0 saturated heterocycles. The lowest BCUT2D eigenvalue weighted by Crippen LogP contribution is -2.28. The van der Waals surface area contributed by atoms with E-state index in [1.807, 2.05) is 6.07 Å². The molecule has 1 saturated carbocycles. The van der Waals surface area contributed by atoms with Gasteiger partial charge in [0.2, 0.25) is 0 Å². The summed E-state index contributed by atoms with van der Waals surface area (Å²) >= 11 is 5.64. The molecule has 78 valence electrons. The average molecular weight is 215 g/mol. The van der Waals surface area contributed by atoms with Gasteiger partial charge in [0, 0.05) is 19.1 Å². The van der Waals surface area contributed by atoms with Crippen molar-refractivity contribution in [3.63, 3.8) is 0 Å². The topological polar surface area (TPSA) is 37.2 Å². The summed E-state index contributed by atoms with van der Waals surface area (Å²) in [5.74, 6) is 0.890. The van der Waals surface area contributed by atoms with Gasteiger partial charge >= 0.3 is 0 Å². The Balaban J connectivity index is 1.53. The Morgan fingerprint density at radius 2 is 2.21 bits per heavy atom. The van der Waals surface area contributed by atoms with Gasteiger partial charge in [-0.1, -0.05) is 0 Å². The van der Waals surface area contributed by atoms with Crippen LogP contribution in [0.5, 0.6) is 0 Å². The van der Waals surface area contributed by atoms with Crippen LogP contribution >= 0.6 is 11.6 Å². The molecule has 0 atom stereocenters. The fraction of sp³-hybridized carbons (Fsp3) is 0.600. The van der Waals surface area contributed by atoms with Gasteiger partial charge in [0.1, 0.15) is 5.76 Å². The van der Waals surface area contributed by atoms with E-state index in [0.29, 0.717) is 5.22 Å². The summed E-state index contributed by atoms with van der Waals surface area (Å²) in [6, 6.07) is 4.44. The van der Waals surface area contributed by atoms with Crippen molar-refractivity contribution in [3.05, 3.63) is 23.1 Å². The van der Waals surface area contributed by atoms with Gasteiger partial charge in [-0.3, -0.25) is 0 Å². The van der Waals surface area contributed by atoms with Gasteiger partial charge in [-0.25, -0.2) is 0 Å². The minimum Gasteiger partial charge on any atom is -0.448 e. The number of hydrogen-bond acceptors (Lipinski definition) is 3. The van der Waals surface area contributed by atoms with E-state index < -0.39 is 0 Å². The van der Waals surface area contributed by atoms with Crippen LogP contribution in [0, 0.1) is 0 Å². The van der Waals surface area contributed by atoms with Crippen LogP contribution in [-0.4, -0.2) is 19.1 Å². The standard InChI is InChI=1S/C10H15ClN2O/c11-10-4-3-9(14-10)7-12-5-6-13-8-1-2-8/h3-4,8,12-13H,1-2,5-7H2. The van der Waals surface area contributed by atoms with E-state index in [4.69, 9.17) is 16.0 Å². The average Bonchev–Trinajstić information content (AvgIpc) is 2.89. The first-order valence-corrected chi connectivity index (χ1v) is 5.41. The summed E-state index contributed by atoms with van der Waals surface area (Å²) in [7, 11) is 0. The summed E-state index contributed by atoms with van der Waals surface area (Å²) in [6.07, 6.45) is 2.68. The van der Waals surface area contributed by atoms with Gasteiger partial charge < -0.3 is 15.1 Å². The van der Waals surface area contributed by atoms with Crippen molar-refractivity contribution < 1.29 is 4.42 Å². The van der Waals surface area contributed by atoms with E-state index in [0.717, 1.165) is 31.4 Å². The lowest BCUT2D eigenvalue weighted by molar-refractivity contribution is 0.481. The molecule has 1 aliphatic carbocycles. The third-order valence-corrected chi connectivity index (χ3v) is 2.44. The fourth-order valence-corrected chi connectivity index (χ4v) is 1.47. The molecule has 1 aromatic rings. The molecule has 1 fully saturated rings. The van der Waals surface area contributed by atoms with Crippen LogP contribution < -0.4 is 10.6 Å². The molecule has 14 heavy (non-hydrogen) atoms. The van der Waals surface area contributed by atoms with Crippen LogP contribution in [0.25, 0.3) is 0 Å². The van der Waals surface area contributed by atoms with Crippen molar-refractivity contribution in [2.75, 3.05) is 13.1 Å². The Bertz CT molecular complexity index is 283. The van der Waals surface area contributed by atoms with Gasteiger partial charge in [0.15, 0.2) is 5.22 Å². The maximum Gasteiger partial charge on any atom is 0.193 e. The van der Waals surface area contributed by atoms with E-state index in [9.17, 15) is 0 Å². The highest BCUT2D eigenvalue weighted by Crippen LogP contribution is 2.17. The molecule has 0 aliphatic heterocycles. The Labute approximate surface area is 88.8 Å². The molecule has 0 radical (unpaired) electrons. The van der Waals surface area contributed by atoms with Gasteiger partial charge in [-0.15, -0.1) is 0 Å². The van der Waals surface area contributed by atoms with Crippen LogP contribution in [0.15, 0.2) is 16.5 Å². The van der Waals surface area contributed by atoms with Gasteiger partial charge in [0.25, 0.3) is 0 Å². The van der Waals surface area contributed by atoms with E-state index in [-0.39, 0.29) is 0 Å². The molecule has 2 N–H and O–H groups in total. The van der Waals surface area contributed by atoms with E-state index in [1.165, 1.54) is 12.8 Å². The second kappa shape index (κ2) is 4.82. The van der Waals surface area contributed by atoms with Crippen molar-refractivity contribution in [3.8, 4) is 0 Å². The van der Waals surface area contributed by atoms with Crippen molar-refractivity contribution >= 4 is 11.6 Å². The van der Waals surface area contributed by atoms with E-state index in [1.54, 1.807) is 6.07 Å². The van der Waals surface area contributed by atoms with Crippen LogP contribution in [0.2, 0.25) is 5.22 Å². The minimum absolute atomic E-state index is 0.456. The van der Waals surface area contributed by atoms with Crippen LogP contribution in [0.3, 0.4) is 0 Å². The van der Waals surface area contributed by atoms with Crippen molar-refractivity contribution in [2.24, 2.45) is 0 Å². The van der Waals surface area contributed by atoms with Gasteiger partial charge in [0.05, 0.1) is 6.54 Å². The number of nitrogens with one attached hydrogen (secondary N) is 2. The number of rotatable bonds is 6. The molecule has 0 amide bonds. The highest BCUT2D eigenvalue weighted by molar-refractivity contribution is 6.28. The van der Waals surface area contributed by atoms with E-state index in [2.05, 4.69) is 10.6 Å². The zero-order valence-corrected chi connectivity index (χ0v) is 8.81. The Hall–Kier alpha value is -0.510. The molecule has 0 aromatic carbocycles. The molecule has 4 heteroatoms. The Kier molecular flexibility index (Phi) is 3.45. The number of halogens is 1. The summed E-state index contributed by atoms with van der Waals surface area (Å²) in [5, 5.41) is 7.17. The lowest BCUT2D eigenvalue weighted by atomic mass is 10.4. The molecule has 1 heterocycles. The quantitative estimate of drug-likeness (QED) is 0.709. The Morgan fingerprint density at radius 3 is 2.86 bits per heavy atom. The minimum atomic E-state index is 0.456. The predicted molar refractivity (Wildman–Crippen MR) is 56.4 cm³/mol. The normalized spacial score (nSPS) is 16.1. The molecule has 2 rings (SSSR count). The summed E-state index contributed by atoms with van der Waals surface area (Å²) < 4.78 is 5.21. The molecule has 1 aliphatic rings. The summed E-state index contributed by atoms with van der Waals surface area (Å²) in [4.78, 5) is 0. The highest BCUT2D eigenvalue weighted by atomic mass is 35.5. The first-order valence-electron chi connectivity index (χ1n) is 5.03. The van der Waals surface area contributed by atoms with Crippen LogP contribution in [0.1, 0.15) is 18.6 Å². The smallest absolute Gasteiger partial charge is 0.193 e. The molecular formula is C10H15ClN2O. The first kappa shape index (κ1) is 10.0. The Morgan fingerprint density at radius 1 is 1.36 bits per heavy atom. The zero-order chi connectivity index (χ0) is 9.80. The number of furan rings is 1. The predicted octanol–water partition coefficient (Wildman–Crippen LogP) is 1.77. The van der Waals surface area contributed by atoms with Crippen molar-refractivity contribution in [2.45, 2.75) is 25.4 Å². The molecule has 0 bridgehead atoms. The van der Waals surface area contributed by atoms with Gasteiger partial charge in [-0.2, -0.15) is 0 Å². The van der Waals surface area contributed by atoms with Gasteiger partial charge in [-0.05, 0) is 36.6 Å². The maximum atomic E-state index is 5.64. The molecule has 0 unspecified atom stereocenters. The molecule has 1 aromatic heterocycles. The SMILES string of the molecule is Clc1ccc(CNCCNC2CC2)o1. The molecular weight excluding hydrogens is 200 g/mol. The van der Waals surface area contributed by atoms with Crippen LogP contribution in [-0.2, 0) is 6.54 Å². The second-order valence-electron chi connectivity index (χ2n) is 3.61. The largest absolute Gasteiger partial charge is 0.448 e. The van der Waals surface area contributed by atoms with Crippen molar-refractivity contribution in [1.82, 2.24) is 10.6 Å². The lowest BCUT2D eigenvalue weighted by Gasteiger charge is -2.03. The van der Waals surface area contributed by atoms with E-state index >= 15 is 0 Å². The highest BCUT2D eigenvalue weighted by Gasteiger charge is 2.19. The number of hydrogen-bond donors (Lipinski definition) is 2.